The molecule has 0 aliphatic rings. The van der Waals surface area contributed by atoms with Crippen LogP contribution in [0.15, 0.2) is 22.9 Å². The monoisotopic (exact) mass is 309 g/mol. The predicted molar refractivity (Wildman–Crippen MR) is 74.3 cm³/mol. The summed E-state index contributed by atoms with van der Waals surface area (Å²) in [5, 5.41) is 7.56. The van der Waals surface area contributed by atoms with Crippen molar-refractivity contribution in [2.75, 3.05) is 5.32 Å². The van der Waals surface area contributed by atoms with Crippen LogP contribution >= 0.6 is 15.9 Å². The Morgan fingerprint density at radius 1 is 1.39 bits per heavy atom. The molecule has 0 spiro atoms. The Kier molecular flexibility index (Phi) is 4.30. The number of nitrogens with one attached hydrogen (secondary N) is 1. The molecule has 0 aromatic carbocycles. The number of hydrogen-bond acceptors (Lipinski definition) is 4. The number of aromatic nitrogens is 4. The summed E-state index contributed by atoms with van der Waals surface area (Å²) in [6, 6.07) is 3.86. The Morgan fingerprint density at radius 2 is 2.22 bits per heavy atom. The average Bonchev–Trinajstić information content (AvgIpc) is 2.72. The van der Waals surface area contributed by atoms with Crippen molar-refractivity contribution in [1.82, 2.24) is 19.7 Å². The first-order valence-electron chi connectivity index (χ1n) is 5.93. The van der Waals surface area contributed by atoms with Crippen LogP contribution < -0.4 is 5.32 Å². The van der Waals surface area contributed by atoms with Crippen LogP contribution in [0.25, 0.3) is 0 Å². The average molecular weight is 310 g/mol. The molecule has 0 unspecified atom stereocenters. The third kappa shape index (κ3) is 3.53. The molecule has 1 N–H and O–H groups in total. The molecule has 2 rings (SSSR count). The van der Waals surface area contributed by atoms with Gasteiger partial charge in [0.25, 0.3) is 0 Å². The standard InChI is InChI=1S/C12H16BrN5/c1-3-4-11-15-10(13)7-12(16-11)14-8-9-5-6-18(2)17-9/h5-7H,3-4,8H2,1-2H3,(H,14,15,16). The van der Waals surface area contributed by atoms with Gasteiger partial charge in [-0.25, -0.2) is 9.97 Å². The molecule has 0 aliphatic carbocycles. The van der Waals surface area contributed by atoms with E-state index < -0.39 is 0 Å². The van der Waals surface area contributed by atoms with E-state index in [1.807, 2.05) is 25.4 Å². The van der Waals surface area contributed by atoms with Gasteiger partial charge in [0.1, 0.15) is 16.2 Å². The lowest BCUT2D eigenvalue weighted by Gasteiger charge is -2.06. The fraction of sp³-hybridized carbons (Fsp3) is 0.417. The lowest BCUT2D eigenvalue weighted by atomic mass is 10.3. The minimum absolute atomic E-state index is 0.663. The zero-order valence-corrected chi connectivity index (χ0v) is 12.1. The lowest BCUT2D eigenvalue weighted by molar-refractivity contribution is 0.746. The van der Waals surface area contributed by atoms with E-state index >= 15 is 0 Å². The van der Waals surface area contributed by atoms with Crippen molar-refractivity contribution in [1.29, 1.82) is 0 Å². The highest BCUT2D eigenvalue weighted by Gasteiger charge is 2.03. The molecular weight excluding hydrogens is 294 g/mol. The topological polar surface area (TPSA) is 55.6 Å². The van der Waals surface area contributed by atoms with Crippen molar-refractivity contribution in [3.8, 4) is 0 Å². The summed E-state index contributed by atoms with van der Waals surface area (Å²) in [5.41, 5.74) is 0.990. The minimum Gasteiger partial charge on any atom is -0.364 e. The Labute approximate surface area is 115 Å². The number of nitrogens with zero attached hydrogens (tertiary/aromatic N) is 4. The Morgan fingerprint density at radius 3 is 2.89 bits per heavy atom. The summed E-state index contributed by atoms with van der Waals surface area (Å²) in [6.07, 6.45) is 3.85. The van der Waals surface area contributed by atoms with Crippen LogP contribution in [0, 0.1) is 0 Å². The summed E-state index contributed by atoms with van der Waals surface area (Å²) in [5.74, 6) is 1.68. The van der Waals surface area contributed by atoms with Crippen LogP contribution in [0.4, 0.5) is 5.82 Å². The molecule has 6 heteroatoms. The van der Waals surface area contributed by atoms with Gasteiger partial charge in [0.05, 0.1) is 12.2 Å². The van der Waals surface area contributed by atoms with E-state index in [4.69, 9.17) is 0 Å². The van der Waals surface area contributed by atoms with Crippen LogP contribution in [-0.4, -0.2) is 19.7 Å². The Hall–Kier alpha value is -1.43. The minimum atomic E-state index is 0.663. The summed E-state index contributed by atoms with van der Waals surface area (Å²) >= 11 is 3.40. The van der Waals surface area contributed by atoms with E-state index in [2.05, 4.69) is 43.2 Å². The van der Waals surface area contributed by atoms with Crippen molar-refractivity contribution in [3.05, 3.63) is 34.5 Å². The molecule has 0 radical (unpaired) electrons. The van der Waals surface area contributed by atoms with E-state index in [0.29, 0.717) is 6.54 Å². The van der Waals surface area contributed by atoms with Crippen LogP contribution in [0.3, 0.4) is 0 Å². The smallest absolute Gasteiger partial charge is 0.132 e. The summed E-state index contributed by atoms with van der Waals surface area (Å²) in [6.45, 7) is 2.78. The van der Waals surface area contributed by atoms with Crippen molar-refractivity contribution in [2.45, 2.75) is 26.3 Å². The Bertz CT molecular complexity index is 523. The molecule has 0 saturated heterocycles. The molecule has 96 valence electrons. The maximum atomic E-state index is 4.46. The van der Waals surface area contributed by atoms with Crippen molar-refractivity contribution < 1.29 is 0 Å². The summed E-state index contributed by atoms with van der Waals surface area (Å²) in [4.78, 5) is 8.79. The highest BCUT2D eigenvalue weighted by atomic mass is 79.9. The molecule has 5 nitrogen and oxygen atoms in total. The summed E-state index contributed by atoms with van der Waals surface area (Å²) in [7, 11) is 1.91. The van der Waals surface area contributed by atoms with Crippen LogP contribution in [0.5, 0.6) is 0 Å². The molecule has 0 fully saturated rings. The van der Waals surface area contributed by atoms with Gasteiger partial charge in [-0.2, -0.15) is 5.10 Å². The number of anilines is 1. The molecular formula is C12H16BrN5. The molecule has 0 atom stereocenters. The van der Waals surface area contributed by atoms with E-state index in [0.717, 1.165) is 34.8 Å². The molecule has 2 aromatic heterocycles. The fourth-order valence-corrected chi connectivity index (χ4v) is 2.05. The van der Waals surface area contributed by atoms with Crippen LogP contribution in [-0.2, 0) is 20.0 Å². The molecule has 0 bridgehead atoms. The predicted octanol–water partition coefficient (Wildman–Crippen LogP) is 2.54. The molecule has 0 saturated carbocycles. The second-order valence-electron chi connectivity index (χ2n) is 4.08. The zero-order chi connectivity index (χ0) is 13.0. The van der Waals surface area contributed by atoms with E-state index in [-0.39, 0.29) is 0 Å². The molecule has 2 aromatic rings. The van der Waals surface area contributed by atoms with Gasteiger partial charge in [-0.05, 0) is 28.4 Å². The third-order valence-corrected chi connectivity index (χ3v) is 2.84. The normalized spacial score (nSPS) is 10.6. The second-order valence-corrected chi connectivity index (χ2v) is 4.89. The first-order chi connectivity index (χ1) is 8.67. The SMILES string of the molecule is CCCc1nc(Br)cc(NCc2ccn(C)n2)n1. The molecule has 2 heterocycles. The summed E-state index contributed by atoms with van der Waals surface area (Å²) < 4.78 is 2.60. The Balaban J connectivity index is 2.04. The highest BCUT2D eigenvalue weighted by Crippen LogP contribution is 2.14. The van der Waals surface area contributed by atoms with Crippen molar-refractivity contribution in [3.63, 3.8) is 0 Å². The van der Waals surface area contributed by atoms with Gasteiger partial charge in [0.15, 0.2) is 0 Å². The van der Waals surface area contributed by atoms with Gasteiger partial charge in [-0.15, -0.1) is 0 Å². The van der Waals surface area contributed by atoms with Crippen molar-refractivity contribution in [2.24, 2.45) is 7.05 Å². The van der Waals surface area contributed by atoms with Gasteiger partial charge in [0.2, 0.25) is 0 Å². The quantitative estimate of drug-likeness (QED) is 0.862. The molecule has 0 aliphatic heterocycles. The zero-order valence-electron chi connectivity index (χ0n) is 10.5. The van der Waals surface area contributed by atoms with Crippen LogP contribution in [0.1, 0.15) is 24.9 Å². The second kappa shape index (κ2) is 5.95. The number of halogens is 1. The molecule has 18 heavy (non-hydrogen) atoms. The van der Waals surface area contributed by atoms with Gasteiger partial charge in [-0.1, -0.05) is 6.92 Å². The van der Waals surface area contributed by atoms with Gasteiger partial charge in [0, 0.05) is 25.7 Å². The fourth-order valence-electron chi connectivity index (χ4n) is 1.63. The number of rotatable bonds is 5. The van der Waals surface area contributed by atoms with Gasteiger partial charge in [-0.3, -0.25) is 4.68 Å². The van der Waals surface area contributed by atoms with E-state index in [1.54, 1.807) is 4.68 Å². The van der Waals surface area contributed by atoms with Crippen molar-refractivity contribution >= 4 is 21.7 Å². The maximum absolute atomic E-state index is 4.46. The lowest BCUT2D eigenvalue weighted by Crippen LogP contribution is -2.05. The first kappa shape index (κ1) is 13.0. The van der Waals surface area contributed by atoms with E-state index in [9.17, 15) is 0 Å². The number of hydrogen-bond donors (Lipinski definition) is 1. The third-order valence-electron chi connectivity index (χ3n) is 2.43. The van der Waals surface area contributed by atoms with Crippen LogP contribution in [0.2, 0.25) is 0 Å². The first-order valence-corrected chi connectivity index (χ1v) is 6.72. The number of aryl methyl sites for hydroxylation is 2. The largest absolute Gasteiger partial charge is 0.364 e. The van der Waals surface area contributed by atoms with E-state index in [1.165, 1.54) is 0 Å². The highest BCUT2D eigenvalue weighted by molar-refractivity contribution is 9.10. The van der Waals surface area contributed by atoms with Gasteiger partial charge < -0.3 is 5.32 Å². The molecule has 0 amide bonds. The van der Waals surface area contributed by atoms with Gasteiger partial charge >= 0.3 is 0 Å². The maximum Gasteiger partial charge on any atom is 0.132 e.